The van der Waals surface area contributed by atoms with E-state index < -0.39 is 0 Å². The zero-order valence-corrected chi connectivity index (χ0v) is 12.4. The molecule has 0 saturated carbocycles. The summed E-state index contributed by atoms with van der Waals surface area (Å²) in [5, 5.41) is 2.89. The number of nitrogens with two attached hydrogens (primary N) is 1. The fourth-order valence-electron chi connectivity index (χ4n) is 1.74. The topological polar surface area (TPSA) is 55.1 Å². The molecule has 3 nitrogen and oxygen atoms in total. The number of amides is 1. The van der Waals surface area contributed by atoms with Crippen LogP contribution in [0.5, 0.6) is 0 Å². The van der Waals surface area contributed by atoms with E-state index in [0.29, 0.717) is 11.3 Å². The van der Waals surface area contributed by atoms with Crippen molar-refractivity contribution < 1.29 is 4.79 Å². The van der Waals surface area contributed by atoms with Crippen molar-refractivity contribution in [2.45, 2.75) is 13.8 Å². The molecule has 0 aliphatic heterocycles. The number of rotatable bonds is 2. The number of aryl methyl sites for hydroxylation is 2. The van der Waals surface area contributed by atoms with Gasteiger partial charge in [-0.3, -0.25) is 4.79 Å². The normalized spacial score (nSPS) is 10.3. The van der Waals surface area contributed by atoms with E-state index in [9.17, 15) is 4.79 Å². The Morgan fingerprint density at radius 3 is 2.47 bits per heavy atom. The lowest BCUT2D eigenvalue weighted by Gasteiger charge is -2.09. The van der Waals surface area contributed by atoms with Crippen LogP contribution in [0, 0.1) is 13.8 Å². The monoisotopic (exact) mass is 318 g/mol. The highest BCUT2D eigenvalue weighted by Gasteiger charge is 2.09. The molecule has 0 unspecified atom stereocenters. The molecule has 0 heterocycles. The minimum Gasteiger partial charge on any atom is -0.398 e. The highest BCUT2D eigenvalue weighted by Crippen LogP contribution is 2.21. The zero-order chi connectivity index (χ0) is 14.0. The number of anilines is 2. The Morgan fingerprint density at radius 2 is 1.84 bits per heavy atom. The van der Waals surface area contributed by atoms with Crippen LogP contribution in [0.25, 0.3) is 0 Å². The van der Waals surface area contributed by atoms with E-state index in [1.165, 1.54) is 0 Å². The first-order valence-electron chi connectivity index (χ1n) is 5.91. The van der Waals surface area contributed by atoms with Crippen molar-refractivity contribution in [2.75, 3.05) is 11.1 Å². The van der Waals surface area contributed by atoms with E-state index in [4.69, 9.17) is 5.73 Å². The Labute approximate surface area is 121 Å². The lowest BCUT2D eigenvalue weighted by Crippen LogP contribution is -2.13. The lowest BCUT2D eigenvalue weighted by atomic mass is 10.1. The molecule has 0 atom stereocenters. The molecule has 0 fully saturated rings. The van der Waals surface area contributed by atoms with Gasteiger partial charge in [0.15, 0.2) is 0 Å². The Hall–Kier alpha value is -1.81. The van der Waals surface area contributed by atoms with Crippen LogP contribution in [0.2, 0.25) is 0 Å². The van der Waals surface area contributed by atoms with Gasteiger partial charge in [-0.25, -0.2) is 0 Å². The molecule has 1 amide bonds. The van der Waals surface area contributed by atoms with Crippen LogP contribution in [0.4, 0.5) is 11.4 Å². The maximum absolute atomic E-state index is 12.1. The van der Waals surface area contributed by atoms with Gasteiger partial charge in [0.25, 0.3) is 5.91 Å². The zero-order valence-electron chi connectivity index (χ0n) is 10.8. The molecule has 0 bridgehead atoms. The summed E-state index contributed by atoms with van der Waals surface area (Å²) < 4.78 is 0.988. The smallest absolute Gasteiger partial charge is 0.255 e. The average molecular weight is 319 g/mol. The third kappa shape index (κ3) is 3.15. The summed E-state index contributed by atoms with van der Waals surface area (Å²) in [6.45, 7) is 3.86. The van der Waals surface area contributed by atoms with Gasteiger partial charge in [0, 0.05) is 21.4 Å². The standard InChI is InChI=1S/C15H15BrN2O/c1-9-3-4-11(8-13(9)17)15(19)18-14-6-5-12(16)7-10(14)2/h3-8H,17H2,1-2H3,(H,18,19). The largest absolute Gasteiger partial charge is 0.398 e. The Balaban J connectivity index is 2.23. The molecule has 98 valence electrons. The molecular formula is C15H15BrN2O. The second kappa shape index (κ2) is 5.45. The van der Waals surface area contributed by atoms with Crippen LogP contribution < -0.4 is 11.1 Å². The van der Waals surface area contributed by atoms with E-state index >= 15 is 0 Å². The van der Waals surface area contributed by atoms with Crippen LogP contribution in [-0.2, 0) is 0 Å². The predicted molar refractivity (Wildman–Crippen MR) is 82.4 cm³/mol. The first-order valence-corrected chi connectivity index (χ1v) is 6.70. The molecule has 19 heavy (non-hydrogen) atoms. The first-order chi connectivity index (χ1) is 8.97. The van der Waals surface area contributed by atoms with Gasteiger partial charge in [0.1, 0.15) is 0 Å². The number of nitrogens with one attached hydrogen (secondary N) is 1. The Morgan fingerprint density at radius 1 is 1.11 bits per heavy atom. The third-order valence-electron chi connectivity index (χ3n) is 2.98. The molecular weight excluding hydrogens is 304 g/mol. The molecule has 2 rings (SSSR count). The second-order valence-corrected chi connectivity index (χ2v) is 5.40. The van der Waals surface area contributed by atoms with Gasteiger partial charge >= 0.3 is 0 Å². The van der Waals surface area contributed by atoms with Crippen molar-refractivity contribution in [2.24, 2.45) is 0 Å². The number of carbonyl (C=O) groups excluding carboxylic acids is 1. The maximum Gasteiger partial charge on any atom is 0.255 e. The van der Waals surface area contributed by atoms with E-state index in [1.807, 2.05) is 38.1 Å². The fraction of sp³-hybridized carbons (Fsp3) is 0.133. The van der Waals surface area contributed by atoms with Crippen LogP contribution in [0.15, 0.2) is 40.9 Å². The van der Waals surface area contributed by atoms with Crippen LogP contribution in [0.1, 0.15) is 21.5 Å². The fourth-order valence-corrected chi connectivity index (χ4v) is 2.22. The predicted octanol–water partition coefficient (Wildman–Crippen LogP) is 3.90. The molecule has 4 heteroatoms. The molecule has 0 spiro atoms. The number of halogens is 1. The average Bonchev–Trinajstić information content (AvgIpc) is 2.36. The summed E-state index contributed by atoms with van der Waals surface area (Å²) in [6, 6.07) is 11.0. The van der Waals surface area contributed by atoms with Crippen LogP contribution in [-0.4, -0.2) is 5.91 Å². The molecule has 2 aromatic rings. The van der Waals surface area contributed by atoms with Gasteiger partial charge in [-0.1, -0.05) is 22.0 Å². The van der Waals surface area contributed by atoms with Crippen molar-refractivity contribution in [3.8, 4) is 0 Å². The molecule has 0 saturated heterocycles. The van der Waals surface area contributed by atoms with E-state index in [-0.39, 0.29) is 5.91 Å². The van der Waals surface area contributed by atoms with Gasteiger partial charge < -0.3 is 11.1 Å². The number of hydrogen-bond acceptors (Lipinski definition) is 2. The summed E-state index contributed by atoms with van der Waals surface area (Å²) in [4.78, 5) is 12.1. The summed E-state index contributed by atoms with van der Waals surface area (Å²) in [5.74, 6) is -0.155. The van der Waals surface area contributed by atoms with Crippen molar-refractivity contribution in [1.82, 2.24) is 0 Å². The summed E-state index contributed by atoms with van der Waals surface area (Å²) >= 11 is 3.40. The number of nitrogen functional groups attached to an aromatic ring is 1. The van der Waals surface area contributed by atoms with E-state index in [1.54, 1.807) is 12.1 Å². The molecule has 0 aromatic heterocycles. The van der Waals surface area contributed by atoms with Crippen LogP contribution in [0.3, 0.4) is 0 Å². The van der Waals surface area contributed by atoms with Gasteiger partial charge in [-0.2, -0.15) is 0 Å². The molecule has 0 aliphatic rings. The van der Waals surface area contributed by atoms with E-state index in [0.717, 1.165) is 21.3 Å². The number of benzene rings is 2. The van der Waals surface area contributed by atoms with Gasteiger partial charge in [0.2, 0.25) is 0 Å². The van der Waals surface area contributed by atoms with Crippen molar-refractivity contribution in [1.29, 1.82) is 0 Å². The highest BCUT2D eigenvalue weighted by molar-refractivity contribution is 9.10. The molecule has 0 radical (unpaired) electrons. The minimum atomic E-state index is -0.155. The molecule has 2 aromatic carbocycles. The number of carbonyl (C=O) groups is 1. The number of hydrogen-bond donors (Lipinski definition) is 2. The Bertz CT molecular complexity index is 638. The van der Waals surface area contributed by atoms with Crippen molar-refractivity contribution in [3.05, 3.63) is 57.6 Å². The second-order valence-electron chi connectivity index (χ2n) is 4.48. The molecule has 3 N–H and O–H groups in total. The van der Waals surface area contributed by atoms with Crippen molar-refractivity contribution in [3.63, 3.8) is 0 Å². The molecule has 0 aliphatic carbocycles. The van der Waals surface area contributed by atoms with Crippen LogP contribution >= 0.6 is 15.9 Å². The van der Waals surface area contributed by atoms with Gasteiger partial charge in [0.05, 0.1) is 0 Å². The van der Waals surface area contributed by atoms with E-state index in [2.05, 4.69) is 21.2 Å². The SMILES string of the molecule is Cc1ccc(C(=O)Nc2ccc(Br)cc2C)cc1N. The Kier molecular flexibility index (Phi) is 3.90. The van der Waals surface area contributed by atoms with Gasteiger partial charge in [-0.15, -0.1) is 0 Å². The first kappa shape index (κ1) is 13.6. The third-order valence-corrected chi connectivity index (χ3v) is 3.47. The quantitative estimate of drug-likeness (QED) is 0.825. The van der Waals surface area contributed by atoms with Gasteiger partial charge in [-0.05, 0) is 55.3 Å². The summed E-state index contributed by atoms with van der Waals surface area (Å²) in [5.41, 5.74) is 9.77. The lowest BCUT2D eigenvalue weighted by molar-refractivity contribution is 0.102. The summed E-state index contributed by atoms with van der Waals surface area (Å²) in [6.07, 6.45) is 0. The highest BCUT2D eigenvalue weighted by atomic mass is 79.9. The summed E-state index contributed by atoms with van der Waals surface area (Å²) in [7, 11) is 0. The maximum atomic E-state index is 12.1. The van der Waals surface area contributed by atoms with Crippen molar-refractivity contribution >= 4 is 33.2 Å². The minimum absolute atomic E-state index is 0.155.